The van der Waals surface area contributed by atoms with Gasteiger partial charge in [0.05, 0.1) is 19.1 Å². The largest absolute Gasteiger partial charge is 0.464 e. The summed E-state index contributed by atoms with van der Waals surface area (Å²) in [5, 5.41) is 2.44. The maximum atomic E-state index is 14.6. The molecule has 1 fully saturated rings. The van der Waals surface area contributed by atoms with Gasteiger partial charge in [-0.25, -0.2) is 9.38 Å². The van der Waals surface area contributed by atoms with Crippen molar-refractivity contribution in [2.75, 3.05) is 13.2 Å². The first-order valence-corrected chi connectivity index (χ1v) is 8.83. The van der Waals surface area contributed by atoms with E-state index in [2.05, 4.69) is 10.3 Å². The highest BCUT2D eigenvalue weighted by atomic mass is 19.4. The first kappa shape index (κ1) is 19.4. The molecule has 1 saturated heterocycles. The summed E-state index contributed by atoms with van der Waals surface area (Å²) in [5.41, 5.74) is -1.38. The van der Waals surface area contributed by atoms with E-state index in [1.165, 1.54) is 18.2 Å². The number of carbonyl (C=O) groups excluding carboxylic acids is 1. The topological polar surface area (TPSA) is 59.9 Å². The number of hydrogen-bond acceptors (Lipinski definition) is 4. The zero-order chi connectivity index (χ0) is 20.6. The van der Waals surface area contributed by atoms with E-state index in [0.29, 0.717) is 5.56 Å². The number of amides is 1. The molecule has 2 aliphatic rings. The van der Waals surface area contributed by atoms with E-state index in [0.717, 1.165) is 6.07 Å². The fraction of sp³-hybridized carbons (Fsp3) is 0.300. The zero-order valence-corrected chi connectivity index (χ0v) is 14.9. The number of ether oxygens (including phenoxy) is 2. The first-order chi connectivity index (χ1) is 13.8. The maximum absolute atomic E-state index is 14.6. The second kappa shape index (κ2) is 7.14. The number of hydrogen-bond donors (Lipinski definition) is 1. The second-order valence-electron chi connectivity index (χ2n) is 6.83. The van der Waals surface area contributed by atoms with Crippen molar-refractivity contribution in [3.05, 3.63) is 71.5 Å². The number of nitrogens with zero attached hydrogens (tertiary/aromatic N) is 1. The van der Waals surface area contributed by atoms with Gasteiger partial charge in [0.25, 0.3) is 11.9 Å². The van der Waals surface area contributed by atoms with Gasteiger partial charge >= 0.3 is 6.18 Å². The van der Waals surface area contributed by atoms with Gasteiger partial charge in [0.2, 0.25) is 0 Å². The SMILES string of the molecule is O=C(NC1=NC2(c3ccccc3F)COC(C(F)(F)F)C2CO1)c1ccccc1. The van der Waals surface area contributed by atoms with Crippen LogP contribution in [0, 0.1) is 11.7 Å². The van der Waals surface area contributed by atoms with Crippen LogP contribution in [0.15, 0.2) is 59.6 Å². The molecular formula is C20H16F4N2O3. The molecule has 3 atom stereocenters. The smallest absolute Gasteiger partial charge is 0.415 e. The van der Waals surface area contributed by atoms with Crippen LogP contribution in [0.3, 0.4) is 0 Å². The number of aliphatic imine (C=N–C) groups is 1. The molecule has 0 aromatic heterocycles. The Morgan fingerprint density at radius 1 is 1.10 bits per heavy atom. The van der Waals surface area contributed by atoms with Gasteiger partial charge in [-0.3, -0.25) is 10.1 Å². The number of rotatable bonds is 2. The number of carbonyl (C=O) groups is 1. The summed E-state index contributed by atoms with van der Waals surface area (Å²) in [5.74, 6) is -2.54. The third-order valence-corrected chi connectivity index (χ3v) is 5.08. The van der Waals surface area contributed by atoms with E-state index >= 15 is 0 Å². The highest BCUT2D eigenvalue weighted by Crippen LogP contribution is 2.49. The predicted octanol–water partition coefficient (Wildman–Crippen LogP) is 3.41. The minimum absolute atomic E-state index is 0.0356. The van der Waals surface area contributed by atoms with Crippen LogP contribution in [0.5, 0.6) is 0 Å². The Balaban J connectivity index is 1.73. The average molecular weight is 408 g/mol. The molecule has 2 aromatic rings. The van der Waals surface area contributed by atoms with E-state index in [4.69, 9.17) is 9.47 Å². The fourth-order valence-electron chi connectivity index (χ4n) is 3.71. The molecule has 0 bridgehead atoms. The Labute approximate surface area is 163 Å². The van der Waals surface area contributed by atoms with Crippen LogP contribution >= 0.6 is 0 Å². The van der Waals surface area contributed by atoms with Crippen LogP contribution in [-0.2, 0) is 15.0 Å². The normalized spacial score (nSPS) is 26.3. The molecule has 0 spiro atoms. The molecule has 2 aromatic carbocycles. The number of benzene rings is 2. The number of nitrogens with one attached hydrogen (secondary N) is 1. The number of alkyl halides is 3. The molecule has 0 saturated carbocycles. The van der Waals surface area contributed by atoms with Crippen molar-refractivity contribution in [2.24, 2.45) is 10.9 Å². The number of halogens is 4. The highest BCUT2D eigenvalue weighted by Gasteiger charge is 2.62. The molecule has 0 radical (unpaired) electrons. The predicted molar refractivity (Wildman–Crippen MR) is 94.7 cm³/mol. The Kier molecular flexibility index (Phi) is 4.77. The molecule has 1 amide bonds. The summed E-state index contributed by atoms with van der Waals surface area (Å²) in [6.45, 7) is -0.927. The lowest BCUT2D eigenvalue weighted by atomic mass is 9.77. The molecule has 5 nitrogen and oxygen atoms in total. The summed E-state index contributed by atoms with van der Waals surface area (Å²) in [6.07, 6.45) is -6.82. The second-order valence-corrected chi connectivity index (χ2v) is 6.83. The molecule has 4 rings (SSSR count). The number of fused-ring (bicyclic) bond motifs is 1. The van der Waals surface area contributed by atoms with Crippen molar-refractivity contribution >= 4 is 11.9 Å². The molecule has 9 heteroatoms. The standard InChI is InChI=1S/C20H16F4N2O3/c21-15-9-5-4-8-13(15)19-11-29-16(20(22,23)24)14(19)10-28-18(26-19)25-17(27)12-6-2-1-3-7-12/h1-9,14,16H,10-11H2,(H,25,26,27). The van der Waals surface area contributed by atoms with Crippen LogP contribution < -0.4 is 5.32 Å². The van der Waals surface area contributed by atoms with E-state index in [1.54, 1.807) is 30.3 Å². The Morgan fingerprint density at radius 2 is 1.79 bits per heavy atom. The molecule has 0 aliphatic carbocycles. The number of amidine groups is 1. The average Bonchev–Trinajstić information content (AvgIpc) is 3.09. The minimum atomic E-state index is -4.67. The Bertz CT molecular complexity index is 948. The maximum Gasteiger partial charge on any atom is 0.415 e. The molecular weight excluding hydrogens is 392 g/mol. The van der Waals surface area contributed by atoms with Crippen molar-refractivity contribution in [3.8, 4) is 0 Å². The Morgan fingerprint density at radius 3 is 2.48 bits per heavy atom. The van der Waals surface area contributed by atoms with E-state index in [-0.39, 0.29) is 11.6 Å². The summed E-state index contributed by atoms with van der Waals surface area (Å²) in [4.78, 5) is 16.6. The van der Waals surface area contributed by atoms with Crippen LogP contribution in [0.2, 0.25) is 0 Å². The van der Waals surface area contributed by atoms with Crippen molar-refractivity contribution in [2.45, 2.75) is 17.8 Å². The van der Waals surface area contributed by atoms with Crippen molar-refractivity contribution in [3.63, 3.8) is 0 Å². The van der Waals surface area contributed by atoms with Gasteiger partial charge in [-0.2, -0.15) is 13.2 Å². The molecule has 2 heterocycles. The van der Waals surface area contributed by atoms with Crippen molar-refractivity contribution in [1.82, 2.24) is 5.32 Å². The minimum Gasteiger partial charge on any atom is -0.464 e. The van der Waals surface area contributed by atoms with Crippen molar-refractivity contribution < 1.29 is 31.8 Å². The summed E-state index contributed by atoms with van der Waals surface area (Å²) >= 11 is 0. The van der Waals surface area contributed by atoms with Gasteiger partial charge in [-0.05, 0) is 18.2 Å². The van der Waals surface area contributed by atoms with Gasteiger partial charge in [0, 0.05) is 11.1 Å². The Hall–Kier alpha value is -2.94. The van der Waals surface area contributed by atoms with Crippen LogP contribution in [0.4, 0.5) is 17.6 Å². The molecule has 29 heavy (non-hydrogen) atoms. The quantitative estimate of drug-likeness (QED) is 0.775. The lowest BCUT2D eigenvalue weighted by Gasteiger charge is -2.36. The van der Waals surface area contributed by atoms with E-state index in [9.17, 15) is 22.4 Å². The lowest BCUT2D eigenvalue weighted by Crippen LogP contribution is -2.50. The summed E-state index contributed by atoms with van der Waals surface area (Å²) < 4.78 is 65.2. The molecule has 1 N–H and O–H groups in total. The van der Waals surface area contributed by atoms with Crippen LogP contribution in [0.25, 0.3) is 0 Å². The van der Waals surface area contributed by atoms with Gasteiger partial charge in [-0.1, -0.05) is 36.4 Å². The van der Waals surface area contributed by atoms with Gasteiger partial charge < -0.3 is 9.47 Å². The van der Waals surface area contributed by atoms with Gasteiger partial charge in [0.15, 0.2) is 6.10 Å². The molecule has 3 unspecified atom stereocenters. The van der Waals surface area contributed by atoms with Crippen LogP contribution in [0.1, 0.15) is 15.9 Å². The van der Waals surface area contributed by atoms with Crippen molar-refractivity contribution in [1.29, 1.82) is 0 Å². The third kappa shape index (κ3) is 3.46. The zero-order valence-electron chi connectivity index (χ0n) is 14.9. The third-order valence-electron chi connectivity index (χ3n) is 5.08. The monoisotopic (exact) mass is 408 g/mol. The lowest BCUT2D eigenvalue weighted by molar-refractivity contribution is -0.219. The van der Waals surface area contributed by atoms with E-state index in [1.807, 2.05) is 0 Å². The molecule has 2 aliphatic heterocycles. The molecule has 152 valence electrons. The van der Waals surface area contributed by atoms with Gasteiger partial charge in [0.1, 0.15) is 11.4 Å². The fourth-order valence-corrected chi connectivity index (χ4v) is 3.71. The van der Waals surface area contributed by atoms with Crippen LogP contribution in [-0.4, -0.2) is 37.4 Å². The van der Waals surface area contributed by atoms with Gasteiger partial charge in [-0.15, -0.1) is 0 Å². The first-order valence-electron chi connectivity index (χ1n) is 8.83. The summed E-state index contributed by atoms with van der Waals surface area (Å²) in [7, 11) is 0. The highest BCUT2D eigenvalue weighted by molar-refractivity contribution is 6.04. The van der Waals surface area contributed by atoms with E-state index < -0.39 is 48.7 Å². The summed E-state index contributed by atoms with van der Waals surface area (Å²) in [6, 6.07) is 13.4.